The van der Waals surface area contributed by atoms with Crippen molar-refractivity contribution in [1.29, 1.82) is 0 Å². The lowest BCUT2D eigenvalue weighted by atomic mass is 10.1. The summed E-state index contributed by atoms with van der Waals surface area (Å²) < 4.78 is 40.1. The Morgan fingerprint density at radius 3 is 2.48 bits per heavy atom. The number of halogens is 3. The third-order valence-corrected chi connectivity index (χ3v) is 3.90. The second-order valence-corrected chi connectivity index (χ2v) is 5.39. The van der Waals surface area contributed by atoms with Crippen molar-refractivity contribution < 1.29 is 17.9 Å². The lowest BCUT2D eigenvalue weighted by molar-refractivity contribution is -0.274. The molecule has 3 nitrogen and oxygen atoms in total. The molecular formula is C14H11F3N2OS. The average Bonchev–Trinajstić information content (AvgIpc) is 3.09. The minimum Gasteiger partial charge on any atom is -0.406 e. The van der Waals surface area contributed by atoms with Gasteiger partial charge in [0.15, 0.2) is 0 Å². The number of rotatable bonds is 3. The van der Waals surface area contributed by atoms with Gasteiger partial charge in [0.05, 0.1) is 11.7 Å². The van der Waals surface area contributed by atoms with E-state index in [9.17, 15) is 13.2 Å². The maximum atomic E-state index is 12.1. The van der Waals surface area contributed by atoms with E-state index in [1.165, 1.54) is 12.1 Å². The molecule has 0 bridgehead atoms. The SMILES string of the molecule is FC(F)(F)Oc1ccc(C2=CC(c3cccs3)NN2)cc1. The summed E-state index contributed by atoms with van der Waals surface area (Å²) in [6, 6.07) is 9.80. The third-order valence-electron chi connectivity index (χ3n) is 2.94. The summed E-state index contributed by atoms with van der Waals surface area (Å²) in [6.07, 6.45) is -2.68. The Morgan fingerprint density at radius 2 is 1.86 bits per heavy atom. The number of hydrogen-bond acceptors (Lipinski definition) is 4. The zero-order valence-corrected chi connectivity index (χ0v) is 11.5. The fourth-order valence-corrected chi connectivity index (χ4v) is 2.78. The molecule has 2 heterocycles. The van der Waals surface area contributed by atoms with Crippen molar-refractivity contribution in [2.24, 2.45) is 0 Å². The lowest BCUT2D eigenvalue weighted by Gasteiger charge is -2.10. The molecule has 0 radical (unpaired) electrons. The summed E-state index contributed by atoms with van der Waals surface area (Å²) in [7, 11) is 0. The Labute approximate surface area is 123 Å². The molecule has 0 saturated heterocycles. The quantitative estimate of drug-likeness (QED) is 0.903. The highest BCUT2D eigenvalue weighted by molar-refractivity contribution is 7.10. The molecule has 110 valence electrons. The summed E-state index contributed by atoms with van der Waals surface area (Å²) >= 11 is 1.63. The van der Waals surface area contributed by atoms with Crippen LogP contribution >= 0.6 is 11.3 Å². The normalized spacial score (nSPS) is 18.2. The standard InChI is InChI=1S/C14H11F3N2OS/c15-14(16,17)20-10-5-3-9(4-6-10)11-8-12(19-18-11)13-2-1-7-21-13/h1-8,12,18-19H. The molecule has 0 saturated carbocycles. The molecule has 0 aliphatic carbocycles. The number of hydrogen-bond donors (Lipinski definition) is 2. The number of benzene rings is 1. The van der Waals surface area contributed by atoms with E-state index in [2.05, 4.69) is 15.6 Å². The highest BCUT2D eigenvalue weighted by Gasteiger charge is 2.31. The maximum absolute atomic E-state index is 12.1. The maximum Gasteiger partial charge on any atom is 0.573 e. The molecule has 1 aromatic heterocycles. The Balaban J connectivity index is 1.74. The summed E-state index contributed by atoms with van der Waals surface area (Å²) in [6.45, 7) is 0. The molecule has 0 spiro atoms. The molecule has 1 unspecified atom stereocenters. The molecule has 2 aromatic rings. The molecule has 2 N–H and O–H groups in total. The van der Waals surface area contributed by atoms with E-state index < -0.39 is 6.36 Å². The van der Waals surface area contributed by atoms with Gasteiger partial charge in [0.25, 0.3) is 0 Å². The van der Waals surface area contributed by atoms with Crippen LogP contribution in [0, 0.1) is 0 Å². The Bertz CT molecular complexity index is 635. The summed E-state index contributed by atoms with van der Waals surface area (Å²) in [5.41, 5.74) is 7.76. The monoisotopic (exact) mass is 312 g/mol. The van der Waals surface area contributed by atoms with Gasteiger partial charge in [0.1, 0.15) is 5.75 Å². The van der Waals surface area contributed by atoms with Crippen LogP contribution in [-0.2, 0) is 0 Å². The summed E-state index contributed by atoms with van der Waals surface area (Å²) in [5, 5.41) is 1.99. The van der Waals surface area contributed by atoms with E-state index in [1.807, 2.05) is 23.6 Å². The van der Waals surface area contributed by atoms with Gasteiger partial charge in [-0.1, -0.05) is 6.07 Å². The first-order chi connectivity index (χ1) is 10.0. The molecule has 1 aliphatic rings. The molecule has 0 fully saturated rings. The first kappa shape index (κ1) is 14.0. The van der Waals surface area contributed by atoms with Crippen molar-refractivity contribution >= 4 is 17.0 Å². The molecule has 1 atom stereocenters. The van der Waals surface area contributed by atoms with Crippen molar-refractivity contribution in [2.45, 2.75) is 12.4 Å². The van der Waals surface area contributed by atoms with Crippen LogP contribution in [0.4, 0.5) is 13.2 Å². The lowest BCUT2D eigenvalue weighted by Crippen LogP contribution is -2.25. The topological polar surface area (TPSA) is 33.3 Å². The van der Waals surface area contributed by atoms with Gasteiger partial charge >= 0.3 is 6.36 Å². The molecule has 21 heavy (non-hydrogen) atoms. The van der Waals surface area contributed by atoms with E-state index in [0.717, 1.165) is 16.1 Å². The Hall–Kier alpha value is -1.99. The van der Waals surface area contributed by atoms with E-state index in [1.54, 1.807) is 23.5 Å². The number of ether oxygens (including phenoxy) is 1. The van der Waals surface area contributed by atoms with Crippen molar-refractivity contribution in [3.8, 4) is 5.75 Å². The number of nitrogens with one attached hydrogen (secondary N) is 2. The minimum atomic E-state index is -4.67. The molecule has 7 heteroatoms. The van der Waals surface area contributed by atoms with Crippen molar-refractivity contribution in [1.82, 2.24) is 10.9 Å². The van der Waals surface area contributed by atoms with E-state index in [-0.39, 0.29) is 11.8 Å². The molecular weight excluding hydrogens is 301 g/mol. The van der Waals surface area contributed by atoms with Gasteiger partial charge in [0, 0.05) is 4.88 Å². The zero-order chi connectivity index (χ0) is 14.9. The van der Waals surface area contributed by atoms with Crippen molar-refractivity contribution in [3.63, 3.8) is 0 Å². The van der Waals surface area contributed by atoms with E-state index in [0.29, 0.717) is 0 Å². The predicted octanol–water partition coefficient (Wildman–Crippen LogP) is 3.84. The van der Waals surface area contributed by atoms with Gasteiger partial charge in [-0.15, -0.1) is 24.5 Å². The van der Waals surface area contributed by atoms with Crippen LogP contribution in [0.15, 0.2) is 47.9 Å². The highest BCUT2D eigenvalue weighted by atomic mass is 32.1. The molecule has 3 rings (SSSR count). The van der Waals surface area contributed by atoms with Crippen LogP contribution in [0.2, 0.25) is 0 Å². The molecule has 1 aliphatic heterocycles. The largest absolute Gasteiger partial charge is 0.573 e. The van der Waals surface area contributed by atoms with Gasteiger partial charge in [-0.2, -0.15) is 0 Å². The third kappa shape index (κ3) is 3.37. The van der Waals surface area contributed by atoms with Gasteiger partial charge in [-0.05, 0) is 47.4 Å². The fourth-order valence-electron chi connectivity index (χ4n) is 2.03. The Kier molecular flexibility index (Phi) is 3.60. The zero-order valence-electron chi connectivity index (χ0n) is 10.6. The summed E-state index contributed by atoms with van der Waals surface area (Å²) in [5.74, 6) is -0.229. The van der Waals surface area contributed by atoms with Gasteiger partial charge in [-0.3, -0.25) is 0 Å². The molecule has 1 aromatic carbocycles. The van der Waals surface area contributed by atoms with Gasteiger partial charge < -0.3 is 10.2 Å². The number of thiophene rings is 1. The van der Waals surface area contributed by atoms with E-state index in [4.69, 9.17) is 0 Å². The first-order valence-electron chi connectivity index (χ1n) is 6.14. The number of hydrazine groups is 1. The Morgan fingerprint density at radius 1 is 1.10 bits per heavy atom. The first-order valence-corrected chi connectivity index (χ1v) is 7.02. The van der Waals surface area contributed by atoms with Crippen LogP contribution in [0.5, 0.6) is 5.75 Å². The minimum absolute atomic E-state index is 0.0612. The second-order valence-electron chi connectivity index (χ2n) is 4.41. The fraction of sp³-hybridized carbons (Fsp3) is 0.143. The summed E-state index contributed by atoms with van der Waals surface area (Å²) in [4.78, 5) is 1.16. The van der Waals surface area contributed by atoms with Crippen LogP contribution in [0.25, 0.3) is 5.70 Å². The van der Waals surface area contributed by atoms with Gasteiger partial charge in [0.2, 0.25) is 0 Å². The second kappa shape index (κ2) is 5.42. The van der Waals surface area contributed by atoms with Crippen molar-refractivity contribution in [2.75, 3.05) is 0 Å². The number of alkyl halides is 3. The van der Waals surface area contributed by atoms with Crippen LogP contribution in [0.1, 0.15) is 16.5 Å². The highest BCUT2D eigenvalue weighted by Crippen LogP contribution is 2.28. The van der Waals surface area contributed by atoms with Gasteiger partial charge in [-0.25, -0.2) is 5.43 Å². The average molecular weight is 312 g/mol. The van der Waals surface area contributed by atoms with E-state index >= 15 is 0 Å². The molecule has 0 amide bonds. The van der Waals surface area contributed by atoms with Crippen molar-refractivity contribution in [3.05, 3.63) is 58.3 Å². The van der Waals surface area contributed by atoms with Crippen LogP contribution in [-0.4, -0.2) is 6.36 Å². The van der Waals surface area contributed by atoms with Crippen LogP contribution in [0.3, 0.4) is 0 Å². The predicted molar refractivity (Wildman–Crippen MR) is 74.4 cm³/mol. The smallest absolute Gasteiger partial charge is 0.406 e. The van der Waals surface area contributed by atoms with Crippen LogP contribution < -0.4 is 15.6 Å².